The van der Waals surface area contributed by atoms with Crippen molar-refractivity contribution in [1.82, 2.24) is 0 Å². The lowest BCUT2D eigenvalue weighted by Crippen LogP contribution is -1.84. The van der Waals surface area contributed by atoms with Gasteiger partial charge in [0.1, 0.15) is 0 Å². The molecule has 0 saturated carbocycles. The molecule has 0 aromatic carbocycles. The van der Waals surface area contributed by atoms with Gasteiger partial charge in [0.25, 0.3) is 0 Å². The molecule has 1 atom stereocenters. The molecule has 7 heteroatoms. The molecule has 0 heterocycles. The van der Waals surface area contributed by atoms with Crippen molar-refractivity contribution in [2.75, 3.05) is 18.5 Å². The highest BCUT2D eigenvalue weighted by molar-refractivity contribution is 7.57. The highest BCUT2D eigenvalue weighted by Gasteiger charge is 2.08. The molecular weight excluding hydrogens is 237 g/mol. The maximum Gasteiger partial charge on any atom is 0.509 e. The molecule has 84 valence electrons. The van der Waals surface area contributed by atoms with E-state index in [0.29, 0.717) is 12.3 Å². The number of hydrogen-bond acceptors (Lipinski definition) is 2. The summed E-state index contributed by atoms with van der Waals surface area (Å²) < 4.78 is 20.2. The van der Waals surface area contributed by atoms with Crippen LogP contribution in [-0.2, 0) is 9.13 Å². The normalized spacial score (nSPS) is 10.4. The Hall–Kier alpha value is 0.522. The van der Waals surface area contributed by atoms with Crippen molar-refractivity contribution in [3.63, 3.8) is 0 Å². The summed E-state index contributed by atoms with van der Waals surface area (Å²) in [5.41, 5.74) is 0. The van der Waals surface area contributed by atoms with Crippen LogP contribution in [0.15, 0.2) is 12.7 Å². The molecule has 0 bridgehead atoms. The Labute approximate surface area is 96.9 Å². The fourth-order valence-corrected chi connectivity index (χ4v) is 1.00. The summed E-state index contributed by atoms with van der Waals surface area (Å²) in [5, 5.41) is 0. The third-order valence-electron chi connectivity index (χ3n) is 1.27. The van der Waals surface area contributed by atoms with Crippen molar-refractivity contribution in [1.29, 1.82) is 0 Å². The van der Waals surface area contributed by atoms with Gasteiger partial charge in [-0.05, 0) is 10.6 Å². The molecule has 0 aromatic heterocycles. The molecule has 4 nitrogen and oxygen atoms in total. The van der Waals surface area contributed by atoms with Crippen molar-refractivity contribution in [2.24, 2.45) is 0 Å². The van der Waals surface area contributed by atoms with Gasteiger partial charge in [-0.2, -0.15) is 4.89 Å². The molecule has 0 amide bonds. The summed E-state index contributed by atoms with van der Waals surface area (Å²) in [6, 6.07) is 0. The zero-order valence-electron chi connectivity index (χ0n) is 8.01. The fourth-order valence-electron chi connectivity index (χ4n) is 0.334. The molecule has 2 N–H and O–H groups in total. The quantitative estimate of drug-likeness (QED) is 0.448. The minimum Gasteiger partial charge on any atom is -0.344 e. The summed E-state index contributed by atoms with van der Waals surface area (Å²) in [5.74, 6) is 0. The predicted molar refractivity (Wildman–Crippen MR) is 65.7 cm³/mol. The van der Waals surface area contributed by atoms with Crippen molar-refractivity contribution in [3.05, 3.63) is 12.7 Å². The monoisotopic (exact) mass is 257 g/mol. The van der Waals surface area contributed by atoms with Gasteiger partial charge < -0.3 is 4.89 Å². The Morgan fingerprint density at radius 1 is 1.43 bits per heavy atom. The van der Waals surface area contributed by atoms with Crippen LogP contribution in [0.1, 0.15) is 13.8 Å². The van der Waals surface area contributed by atoms with Gasteiger partial charge in [0.15, 0.2) is 30.9 Å². The Bertz CT molecular complexity index is 200. The Balaban J connectivity index is -0.000000163. The van der Waals surface area contributed by atoms with Gasteiger partial charge in [-0.1, -0.05) is 20.4 Å². The summed E-state index contributed by atoms with van der Waals surface area (Å²) in [4.78, 5) is 16.7. The van der Waals surface area contributed by atoms with Gasteiger partial charge in [-0.3, -0.25) is 4.57 Å². The molecule has 0 aromatic rings. The molecule has 0 spiro atoms. The maximum absolute atomic E-state index is 10.5. The molecule has 0 radical (unpaired) electrons. The van der Waals surface area contributed by atoms with Gasteiger partial charge in [0.2, 0.25) is 0 Å². The van der Waals surface area contributed by atoms with Crippen LogP contribution in [0.3, 0.4) is 0 Å². The second-order valence-corrected chi connectivity index (χ2v) is 6.33. The van der Waals surface area contributed by atoms with E-state index in [0.717, 1.165) is 0 Å². The van der Waals surface area contributed by atoms with Crippen molar-refractivity contribution in [3.8, 4) is 0 Å². The van der Waals surface area contributed by atoms with Crippen LogP contribution >= 0.6 is 15.4 Å². The highest BCUT2D eigenvalue weighted by Crippen LogP contribution is 2.38. The van der Waals surface area contributed by atoms with E-state index >= 15 is 0 Å². The molecule has 1 unspecified atom stereocenters. The van der Waals surface area contributed by atoms with E-state index < -0.39 is 15.4 Å². The van der Waals surface area contributed by atoms with E-state index in [1.54, 1.807) is 13.8 Å². The van der Waals surface area contributed by atoms with E-state index in [2.05, 4.69) is 6.58 Å². The first-order valence-corrected chi connectivity index (χ1v) is 7.37. The molecule has 14 heavy (non-hydrogen) atoms. The predicted octanol–water partition coefficient (Wildman–Crippen LogP) is 1.02. The molecule has 0 aliphatic carbocycles. The molecule has 0 aliphatic heterocycles. The third-order valence-corrected chi connectivity index (χ3v) is 3.82. The molecule has 0 aliphatic rings. The topological polar surface area (TPSA) is 74.6 Å². The SMILES string of the molecule is C=CC[P+](=O)O.CCP(=O)(O)CC.[AlH3]. The molecule has 0 saturated heterocycles. The van der Waals surface area contributed by atoms with Gasteiger partial charge in [-0.25, -0.2) is 0 Å². The number of allylic oxidation sites excluding steroid dienone is 1. The Kier molecular flexibility index (Phi) is 16.6. The van der Waals surface area contributed by atoms with E-state index in [4.69, 9.17) is 9.79 Å². The molecule has 0 rings (SSSR count). The minimum atomic E-state index is -2.65. The summed E-state index contributed by atoms with van der Waals surface area (Å²) in [7, 11) is -4.62. The van der Waals surface area contributed by atoms with Gasteiger partial charge in [-0.15, -0.1) is 0 Å². The average molecular weight is 257 g/mol. The largest absolute Gasteiger partial charge is 0.509 e. The van der Waals surface area contributed by atoms with E-state index in [1.165, 1.54) is 6.08 Å². The first-order chi connectivity index (χ1) is 5.89. The van der Waals surface area contributed by atoms with Crippen molar-refractivity contribution in [2.45, 2.75) is 13.8 Å². The van der Waals surface area contributed by atoms with Crippen LogP contribution in [-0.4, -0.2) is 45.6 Å². The third kappa shape index (κ3) is 18.3. The second kappa shape index (κ2) is 11.6. The summed E-state index contributed by atoms with van der Waals surface area (Å²) in [6.45, 7) is 6.71. The van der Waals surface area contributed by atoms with Gasteiger partial charge >= 0.3 is 8.03 Å². The first kappa shape index (κ1) is 20.0. The zero-order valence-corrected chi connectivity index (χ0v) is 9.80. The molecular formula is C7H20AlO4P2+. The van der Waals surface area contributed by atoms with Crippen molar-refractivity contribution < 1.29 is 18.9 Å². The van der Waals surface area contributed by atoms with Crippen LogP contribution in [0.2, 0.25) is 0 Å². The number of hydrogen-bond donors (Lipinski definition) is 2. The van der Waals surface area contributed by atoms with Crippen LogP contribution in [0.25, 0.3) is 0 Å². The minimum absolute atomic E-state index is 0. The summed E-state index contributed by atoms with van der Waals surface area (Å²) in [6.07, 6.45) is 2.43. The van der Waals surface area contributed by atoms with Crippen LogP contribution < -0.4 is 0 Å². The Morgan fingerprint density at radius 3 is 1.79 bits per heavy atom. The van der Waals surface area contributed by atoms with E-state index in [1.807, 2.05) is 0 Å². The standard InChI is InChI=1S/C4H11O2P.C3H5O2P.Al.3H/c1-3-7(5,6)4-2;1-2-3-6(4)5;;;;/h3-4H2,1-2H3,(H,5,6);2H,1,3H2;;;;/p+1. The average Bonchev–Trinajstić information content (AvgIpc) is 2.05. The fraction of sp³-hybridized carbons (Fsp3) is 0.714. The smallest absolute Gasteiger partial charge is 0.344 e. The van der Waals surface area contributed by atoms with Crippen LogP contribution in [0.5, 0.6) is 0 Å². The van der Waals surface area contributed by atoms with Crippen LogP contribution in [0, 0.1) is 0 Å². The lowest BCUT2D eigenvalue weighted by Gasteiger charge is -2.01. The Morgan fingerprint density at radius 2 is 1.79 bits per heavy atom. The summed E-state index contributed by atoms with van der Waals surface area (Å²) >= 11 is 0. The van der Waals surface area contributed by atoms with E-state index in [-0.39, 0.29) is 23.5 Å². The highest BCUT2D eigenvalue weighted by atomic mass is 31.2. The second-order valence-electron chi connectivity index (χ2n) is 2.30. The van der Waals surface area contributed by atoms with E-state index in [9.17, 15) is 9.13 Å². The lowest BCUT2D eigenvalue weighted by atomic mass is 10.8. The molecule has 0 fully saturated rings. The van der Waals surface area contributed by atoms with Crippen molar-refractivity contribution >= 4 is 32.8 Å². The maximum atomic E-state index is 10.5. The lowest BCUT2D eigenvalue weighted by molar-refractivity contribution is 0.481. The zero-order chi connectivity index (χ0) is 10.9. The number of rotatable bonds is 4. The van der Waals surface area contributed by atoms with Gasteiger partial charge in [0, 0.05) is 12.3 Å². The van der Waals surface area contributed by atoms with Crippen LogP contribution in [0.4, 0.5) is 0 Å². The van der Waals surface area contributed by atoms with Gasteiger partial charge in [0.05, 0.1) is 0 Å². The first-order valence-electron chi connectivity index (χ1n) is 3.94.